The number of unbranched alkanes of at least 4 members (excludes halogenated alkanes) is 22. The molecule has 0 aromatic heterocycles. The monoisotopic (exact) mass is 404 g/mol. The van der Waals surface area contributed by atoms with E-state index in [9.17, 15) is 0 Å². The molecule has 0 fully saturated rings. The van der Waals surface area contributed by atoms with Gasteiger partial charge < -0.3 is 0 Å². The summed E-state index contributed by atoms with van der Waals surface area (Å²) in [5.74, 6) is 0. The van der Waals surface area contributed by atoms with Gasteiger partial charge in [-0.3, -0.25) is 0 Å². The highest BCUT2D eigenvalue weighted by Crippen LogP contribution is 2.14. The lowest BCUT2D eigenvalue weighted by molar-refractivity contribution is 0.525. The Bertz CT molecular complexity index is 314. The van der Waals surface area contributed by atoms with Crippen LogP contribution in [0, 0.1) is 0 Å². The normalized spacial score (nSPS) is 11.5. The molecule has 0 aromatic carbocycles. The van der Waals surface area contributed by atoms with Crippen LogP contribution in [0.2, 0.25) is 0 Å². The smallest absolute Gasteiger partial charge is 0.0351 e. The second kappa shape index (κ2) is 27.5. The SMILES string of the molecule is C=CCCCCCC=CCCCCCCCCCCCCCCCCCCCC. The summed E-state index contributed by atoms with van der Waals surface area (Å²) >= 11 is 0. The molecule has 0 aliphatic carbocycles. The third-order valence-electron chi connectivity index (χ3n) is 6.17. The maximum absolute atomic E-state index is 3.78. The first-order chi connectivity index (χ1) is 14.4. The molecular weight excluding hydrogens is 348 g/mol. The van der Waals surface area contributed by atoms with Gasteiger partial charge in [0.05, 0.1) is 0 Å². The standard InChI is InChI=1S/C29H56/c1-3-5-7-9-11-13-15-17-19-21-23-25-27-29-28-26-24-22-20-18-16-14-12-10-8-6-4-2/h3,15,17H,1,4-14,16,18-29H2,2H3. The highest BCUT2D eigenvalue weighted by molar-refractivity contribution is 4.81. The van der Waals surface area contributed by atoms with Gasteiger partial charge in [0.25, 0.3) is 0 Å². The highest BCUT2D eigenvalue weighted by atomic mass is 14.0. The fraction of sp³-hybridized carbons (Fsp3) is 0.862. The predicted octanol–water partition coefficient (Wildman–Crippen LogP) is 11.1. The van der Waals surface area contributed by atoms with Crippen molar-refractivity contribution in [3.05, 3.63) is 24.8 Å². The lowest BCUT2D eigenvalue weighted by Crippen LogP contribution is -1.84. The van der Waals surface area contributed by atoms with Crippen LogP contribution in [0.25, 0.3) is 0 Å². The van der Waals surface area contributed by atoms with E-state index < -0.39 is 0 Å². The molecule has 0 aliphatic rings. The Morgan fingerprint density at radius 1 is 0.379 bits per heavy atom. The Kier molecular flexibility index (Phi) is 27.0. The van der Waals surface area contributed by atoms with E-state index in [1.165, 1.54) is 154 Å². The van der Waals surface area contributed by atoms with Gasteiger partial charge in [-0.05, 0) is 38.5 Å². The summed E-state index contributed by atoms with van der Waals surface area (Å²) in [6.45, 7) is 6.08. The minimum atomic E-state index is 1.18. The largest absolute Gasteiger partial charge is 0.103 e. The van der Waals surface area contributed by atoms with E-state index in [-0.39, 0.29) is 0 Å². The van der Waals surface area contributed by atoms with Crippen molar-refractivity contribution in [3.8, 4) is 0 Å². The zero-order valence-corrected chi connectivity index (χ0v) is 20.4. The van der Waals surface area contributed by atoms with Crippen molar-refractivity contribution >= 4 is 0 Å². The second-order valence-corrected chi connectivity index (χ2v) is 9.20. The van der Waals surface area contributed by atoms with E-state index in [1.807, 2.05) is 6.08 Å². The molecule has 172 valence electrons. The van der Waals surface area contributed by atoms with Crippen molar-refractivity contribution in [1.82, 2.24) is 0 Å². The molecule has 29 heavy (non-hydrogen) atoms. The molecule has 0 aliphatic heterocycles. The van der Waals surface area contributed by atoms with E-state index in [2.05, 4.69) is 25.7 Å². The van der Waals surface area contributed by atoms with Crippen molar-refractivity contribution in [2.24, 2.45) is 0 Å². The van der Waals surface area contributed by atoms with E-state index in [0.717, 1.165) is 0 Å². The molecule has 0 bridgehead atoms. The fourth-order valence-corrected chi connectivity index (χ4v) is 4.13. The van der Waals surface area contributed by atoms with Crippen LogP contribution in [0.1, 0.15) is 161 Å². The van der Waals surface area contributed by atoms with Crippen LogP contribution in [0.5, 0.6) is 0 Å². The summed E-state index contributed by atoms with van der Waals surface area (Å²) in [4.78, 5) is 0. The van der Waals surface area contributed by atoms with Crippen LogP contribution in [0.15, 0.2) is 24.8 Å². The van der Waals surface area contributed by atoms with Crippen molar-refractivity contribution in [2.45, 2.75) is 161 Å². The molecule has 0 aromatic rings. The fourth-order valence-electron chi connectivity index (χ4n) is 4.13. The topological polar surface area (TPSA) is 0 Å². The zero-order valence-electron chi connectivity index (χ0n) is 20.4. The first-order valence-corrected chi connectivity index (χ1v) is 13.7. The van der Waals surface area contributed by atoms with E-state index >= 15 is 0 Å². The van der Waals surface area contributed by atoms with Crippen molar-refractivity contribution in [3.63, 3.8) is 0 Å². The Hall–Kier alpha value is -0.520. The summed E-state index contributed by atoms with van der Waals surface area (Å²) in [6, 6.07) is 0. The van der Waals surface area contributed by atoms with Gasteiger partial charge in [0.15, 0.2) is 0 Å². The predicted molar refractivity (Wildman–Crippen MR) is 136 cm³/mol. The van der Waals surface area contributed by atoms with Crippen LogP contribution in [-0.4, -0.2) is 0 Å². The van der Waals surface area contributed by atoms with Gasteiger partial charge in [-0.15, -0.1) is 6.58 Å². The number of hydrogen-bond acceptors (Lipinski definition) is 0. The Morgan fingerprint density at radius 2 is 0.655 bits per heavy atom. The first-order valence-electron chi connectivity index (χ1n) is 13.7. The average Bonchev–Trinajstić information content (AvgIpc) is 2.74. The molecule has 0 N–H and O–H groups in total. The quantitative estimate of drug-likeness (QED) is 0.105. The summed E-state index contributed by atoms with van der Waals surface area (Å²) < 4.78 is 0. The van der Waals surface area contributed by atoms with Gasteiger partial charge in [-0.25, -0.2) is 0 Å². The molecule has 0 heteroatoms. The molecule has 0 spiro atoms. The Labute approximate surface area is 186 Å². The lowest BCUT2D eigenvalue weighted by Gasteiger charge is -2.03. The van der Waals surface area contributed by atoms with Gasteiger partial charge in [0.1, 0.15) is 0 Å². The van der Waals surface area contributed by atoms with Crippen molar-refractivity contribution < 1.29 is 0 Å². The molecule has 0 heterocycles. The minimum Gasteiger partial charge on any atom is -0.103 e. The number of rotatable bonds is 25. The van der Waals surface area contributed by atoms with Crippen LogP contribution < -0.4 is 0 Å². The van der Waals surface area contributed by atoms with Crippen LogP contribution >= 0.6 is 0 Å². The third kappa shape index (κ3) is 27.5. The summed E-state index contributed by atoms with van der Waals surface area (Å²) in [7, 11) is 0. The number of allylic oxidation sites excluding steroid dienone is 3. The van der Waals surface area contributed by atoms with Crippen LogP contribution in [-0.2, 0) is 0 Å². The molecule has 0 saturated carbocycles. The van der Waals surface area contributed by atoms with E-state index in [4.69, 9.17) is 0 Å². The summed E-state index contributed by atoms with van der Waals surface area (Å²) in [6.07, 6.45) is 40.9. The maximum atomic E-state index is 3.78. The molecular formula is C29H56. The number of hydrogen-bond donors (Lipinski definition) is 0. The molecule has 0 radical (unpaired) electrons. The average molecular weight is 405 g/mol. The molecule has 0 rings (SSSR count). The van der Waals surface area contributed by atoms with Crippen molar-refractivity contribution in [1.29, 1.82) is 0 Å². The zero-order chi connectivity index (χ0) is 21.1. The van der Waals surface area contributed by atoms with Gasteiger partial charge in [-0.1, -0.05) is 141 Å². The maximum Gasteiger partial charge on any atom is -0.0351 e. The Balaban J connectivity index is 3.04. The van der Waals surface area contributed by atoms with Crippen LogP contribution in [0.4, 0.5) is 0 Å². The van der Waals surface area contributed by atoms with E-state index in [0.29, 0.717) is 0 Å². The van der Waals surface area contributed by atoms with E-state index in [1.54, 1.807) is 0 Å². The van der Waals surface area contributed by atoms with Gasteiger partial charge in [0, 0.05) is 0 Å². The molecule has 0 amide bonds. The molecule has 0 atom stereocenters. The third-order valence-corrected chi connectivity index (χ3v) is 6.17. The van der Waals surface area contributed by atoms with Gasteiger partial charge in [-0.2, -0.15) is 0 Å². The molecule has 0 saturated heterocycles. The molecule has 0 nitrogen and oxygen atoms in total. The van der Waals surface area contributed by atoms with Crippen molar-refractivity contribution in [2.75, 3.05) is 0 Å². The second-order valence-electron chi connectivity index (χ2n) is 9.20. The summed E-state index contributed by atoms with van der Waals surface area (Å²) in [5.41, 5.74) is 0. The lowest BCUT2D eigenvalue weighted by atomic mass is 10.0. The van der Waals surface area contributed by atoms with Gasteiger partial charge in [0.2, 0.25) is 0 Å². The minimum absolute atomic E-state index is 1.18. The molecule has 0 unspecified atom stereocenters. The van der Waals surface area contributed by atoms with Crippen LogP contribution in [0.3, 0.4) is 0 Å². The summed E-state index contributed by atoms with van der Waals surface area (Å²) in [5, 5.41) is 0. The Morgan fingerprint density at radius 3 is 1.00 bits per heavy atom. The highest BCUT2D eigenvalue weighted by Gasteiger charge is 1.95. The first kappa shape index (κ1) is 28.5. The van der Waals surface area contributed by atoms with Gasteiger partial charge >= 0.3 is 0 Å².